The molecule has 3 nitrogen and oxygen atoms in total. The molecule has 3 aromatic rings. The van der Waals surface area contributed by atoms with Gasteiger partial charge in [-0.05, 0) is 29.7 Å². The van der Waals surface area contributed by atoms with E-state index in [0.717, 1.165) is 11.1 Å². The van der Waals surface area contributed by atoms with E-state index in [1.165, 1.54) is 0 Å². The molecule has 1 aromatic heterocycles. The third-order valence-corrected chi connectivity index (χ3v) is 3.18. The van der Waals surface area contributed by atoms with Crippen LogP contribution >= 0.6 is 0 Å². The molecule has 0 bridgehead atoms. The lowest BCUT2D eigenvalue weighted by atomic mass is 10.1. The second-order valence-corrected chi connectivity index (χ2v) is 4.36. The fourth-order valence-electron chi connectivity index (χ4n) is 2.29. The van der Waals surface area contributed by atoms with Gasteiger partial charge in [0.25, 0.3) is 5.56 Å². The number of aliphatic hydroxyl groups excluding tert-OH is 1. The van der Waals surface area contributed by atoms with Crippen molar-refractivity contribution >= 4 is 10.8 Å². The van der Waals surface area contributed by atoms with E-state index in [4.69, 9.17) is 0 Å². The summed E-state index contributed by atoms with van der Waals surface area (Å²) >= 11 is 0. The summed E-state index contributed by atoms with van der Waals surface area (Å²) in [4.78, 5) is 12.6. The first-order valence-corrected chi connectivity index (χ1v) is 6.11. The molecule has 0 spiro atoms. The lowest BCUT2D eigenvalue weighted by Gasteiger charge is -2.12. The number of hydrogen-bond donors (Lipinski definition) is 1. The molecule has 0 aliphatic carbocycles. The van der Waals surface area contributed by atoms with Crippen LogP contribution < -0.4 is 5.56 Å². The average Bonchev–Trinajstić information content (AvgIpc) is 2.48. The molecule has 1 heterocycles. The third kappa shape index (κ3) is 1.94. The minimum atomic E-state index is -0.172. The Morgan fingerprint density at radius 2 is 1.63 bits per heavy atom. The first kappa shape index (κ1) is 11.7. The van der Waals surface area contributed by atoms with Crippen molar-refractivity contribution in [1.82, 2.24) is 4.57 Å². The molecular weight excluding hydrogens is 238 g/mol. The van der Waals surface area contributed by atoms with Gasteiger partial charge >= 0.3 is 0 Å². The van der Waals surface area contributed by atoms with Gasteiger partial charge < -0.3 is 5.11 Å². The number of pyridine rings is 1. The Bertz CT molecular complexity index is 776. The van der Waals surface area contributed by atoms with Crippen LogP contribution in [0.5, 0.6) is 0 Å². The molecular formula is C16H13NO2. The number of nitrogens with zero attached hydrogens (tertiary/aromatic N) is 1. The van der Waals surface area contributed by atoms with Crippen molar-refractivity contribution < 1.29 is 5.11 Å². The van der Waals surface area contributed by atoms with Gasteiger partial charge in [0.1, 0.15) is 0 Å². The van der Waals surface area contributed by atoms with Gasteiger partial charge in [0, 0.05) is 11.1 Å². The van der Waals surface area contributed by atoms with Crippen LogP contribution in [0.1, 0.15) is 5.69 Å². The monoisotopic (exact) mass is 251 g/mol. The summed E-state index contributed by atoms with van der Waals surface area (Å²) in [6, 6.07) is 18.6. The first-order valence-electron chi connectivity index (χ1n) is 6.11. The molecule has 94 valence electrons. The number of hydrogen-bond acceptors (Lipinski definition) is 2. The SMILES string of the molecule is O=c1c2ccccc2cc(CO)n1-c1ccccc1. The molecule has 1 N–H and O–H groups in total. The first-order chi connectivity index (χ1) is 9.31. The van der Waals surface area contributed by atoms with E-state index in [1.807, 2.05) is 54.6 Å². The lowest BCUT2D eigenvalue weighted by molar-refractivity contribution is 0.273. The zero-order chi connectivity index (χ0) is 13.2. The van der Waals surface area contributed by atoms with Crippen molar-refractivity contribution in [2.45, 2.75) is 6.61 Å². The lowest BCUT2D eigenvalue weighted by Crippen LogP contribution is -2.22. The maximum atomic E-state index is 12.6. The molecule has 0 saturated carbocycles. The average molecular weight is 251 g/mol. The molecule has 3 heteroatoms. The summed E-state index contributed by atoms with van der Waals surface area (Å²) in [5.41, 5.74) is 1.26. The van der Waals surface area contributed by atoms with Crippen LogP contribution in [0.4, 0.5) is 0 Å². The van der Waals surface area contributed by atoms with Gasteiger partial charge in [-0.2, -0.15) is 0 Å². The Kier molecular flexibility index (Phi) is 2.89. The Balaban J connectivity index is 2.41. The number of aromatic nitrogens is 1. The molecule has 0 radical (unpaired) electrons. The van der Waals surface area contributed by atoms with Crippen LogP contribution in [-0.4, -0.2) is 9.67 Å². The van der Waals surface area contributed by atoms with Crippen molar-refractivity contribution in [3.05, 3.63) is 76.7 Å². The summed E-state index contributed by atoms with van der Waals surface area (Å²) < 4.78 is 1.56. The predicted octanol–water partition coefficient (Wildman–Crippen LogP) is 2.48. The van der Waals surface area contributed by atoms with Gasteiger partial charge in [0.05, 0.1) is 12.3 Å². The topological polar surface area (TPSA) is 42.2 Å². The second kappa shape index (κ2) is 4.71. The van der Waals surface area contributed by atoms with Gasteiger partial charge in [-0.3, -0.25) is 9.36 Å². The Hall–Kier alpha value is -2.39. The van der Waals surface area contributed by atoms with E-state index in [2.05, 4.69) is 0 Å². The maximum Gasteiger partial charge on any atom is 0.263 e. The Labute approximate surface area is 110 Å². The summed E-state index contributed by atoms with van der Waals surface area (Å²) in [7, 11) is 0. The highest BCUT2D eigenvalue weighted by molar-refractivity contribution is 5.82. The minimum absolute atomic E-state index is 0.103. The highest BCUT2D eigenvalue weighted by atomic mass is 16.3. The fourth-order valence-corrected chi connectivity index (χ4v) is 2.29. The highest BCUT2D eigenvalue weighted by Gasteiger charge is 2.09. The van der Waals surface area contributed by atoms with Crippen LogP contribution in [0.25, 0.3) is 16.5 Å². The normalized spacial score (nSPS) is 10.8. The van der Waals surface area contributed by atoms with E-state index in [0.29, 0.717) is 11.1 Å². The molecule has 0 amide bonds. The molecule has 0 saturated heterocycles. The van der Waals surface area contributed by atoms with Crippen molar-refractivity contribution in [3.63, 3.8) is 0 Å². The van der Waals surface area contributed by atoms with Gasteiger partial charge in [0.15, 0.2) is 0 Å². The summed E-state index contributed by atoms with van der Waals surface area (Å²) in [5.74, 6) is 0. The second-order valence-electron chi connectivity index (χ2n) is 4.36. The predicted molar refractivity (Wildman–Crippen MR) is 75.5 cm³/mol. The molecule has 2 aromatic carbocycles. The molecule has 0 fully saturated rings. The van der Waals surface area contributed by atoms with Crippen LogP contribution in [0, 0.1) is 0 Å². The number of benzene rings is 2. The van der Waals surface area contributed by atoms with E-state index >= 15 is 0 Å². The van der Waals surface area contributed by atoms with Crippen molar-refractivity contribution in [2.75, 3.05) is 0 Å². The largest absolute Gasteiger partial charge is 0.390 e. The van der Waals surface area contributed by atoms with Gasteiger partial charge in [-0.15, -0.1) is 0 Å². The zero-order valence-electron chi connectivity index (χ0n) is 10.3. The summed E-state index contributed by atoms with van der Waals surface area (Å²) in [5, 5.41) is 11.0. The summed E-state index contributed by atoms with van der Waals surface area (Å²) in [6.07, 6.45) is 0. The molecule has 19 heavy (non-hydrogen) atoms. The standard InChI is InChI=1S/C16H13NO2/c18-11-14-10-12-6-4-5-9-15(12)16(19)17(14)13-7-2-1-3-8-13/h1-10,18H,11H2. The number of aliphatic hydroxyl groups is 1. The van der Waals surface area contributed by atoms with Gasteiger partial charge in [-0.25, -0.2) is 0 Å². The smallest absolute Gasteiger partial charge is 0.263 e. The molecule has 0 unspecified atom stereocenters. The van der Waals surface area contributed by atoms with E-state index in [9.17, 15) is 9.90 Å². The van der Waals surface area contributed by atoms with E-state index in [-0.39, 0.29) is 12.2 Å². The molecule has 3 rings (SSSR count). The number of rotatable bonds is 2. The fraction of sp³-hybridized carbons (Fsp3) is 0.0625. The Morgan fingerprint density at radius 3 is 2.37 bits per heavy atom. The maximum absolute atomic E-state index is 12.6. The third-order valence-electron chi connectivity index (χ3n) is 3.18. The van der Waals surface area contributed by atoms with Crippen LogP contribution in [-0.2, 0) is 6.61 Å². The number of para-hydroxylation sites is 1. The van der Waals surface area contributed by atoms with E-state index in [1.54, 1.807) is 10.6 Å². The van der Waals surface area contributed by atoms with Crippen molar-refractivity contribution in [1.29, 1.82) is 0 Å². The van der Waals surface area contributed by atoms with Crippen LogP contribution in [0.3, 0.4) is 0 Å². The van der Waals surface area contributed by atoms with Crippen molar-refractivity contribution in [3.8, 4) is 5.69 Å². The highest BCUT2D eigenvalue weighted by Crippen LogP contribution is 2.15. The van der Waals surface area contributed by atoms with Crippen molar-refractivity contribution in [2.24, 2.45) is 0 Å². The molecule has 0 aliphatic rings. The van der Waals surface area contributed by atoms with Crippen LogP contribution in [0.2, 0.25) is 0 Å². The molecule has 0 aliphatic heterocycles. The van der Waals surface area contributed by atoms with E-state index < -0.39 is 0 Å². The molecule has 0 atom stereocenters. The van der Waals surface area contributed by atoms with Crippen LogP contribution in [0.15, 0.2) is 65.5 Å². The summed E-state index contributed by atoms with van der Waals surface area (Å²) in [6.45, 7) is -0.172. The van der Waals surface area contributed by atoms with Gasteiger partial charge in [-0.1, -0.05) is 36.4 Å². The van der Waals surface area contributed by atoms with Gasteiger partial charge in [0.2, 0.25) is 0 Å². The Morgan fingerprint density at radius 1 is 0.947 bits per heavy atom. The number of fused-ring (bicyclic) bond motifs is 1. The minimum Gasteiger partial charge on any atom is -0.390 e. The quantitative estimate of drug-likeness (QED) is 0.760. The zero-order valence-corrected chi connectivity index (χ0v) is 10.3.